The first-order chi connectivity index (χ1) is 5.33. The quantitative estimate of drug-likeness (QED) is 0.564. The molecule has 2 heterocycles. The van der Waals surface area contributed by atoms with Gasteiger partial charge in [0.1, 0.15) is 0 Å². The summed E-state index contributed by atoms with van der Waals surface area (Å²) >= 11 is 0. The van der Waals surface area contributed by atoms with Gasteiger partial charge in [-0.05, 0) is 30.7 Å². The van der Waals surface area contributed by atoms with Gasteiger partial charge in [0.2, 0.25) is 0 Å². The fraction of sp³-hybridized carbons (Fsp3) is 1.00. The van der Waals surface area contributed by atoms with Crippen LogP contribution < -0.4 is 5.32 Å². The molecule has 2 rings (SSSR count). The molecule has 2 unspecified atom stereocenters. The Labute approximate surface area is 68.3 Å². The smallest absolute Gasteiger partial charge is 0.0497 e. The SMILES string of the molecule is CC1COCCC12CCNC2. The topological polar surface area (TPSA) is 21.3 Å². The van der Waals surface area contributed by atoms with Crippen molar-refractivity contribution in [1.82, 2.24) is 5.32 Å². The van der Waals surface area contributed by atoms with Crippen molar-refractivity contribution in [3.63, 3.8) is 0 Å². The van der Waals surface area contributed by atoms with Gasteiger partial charge in [-0.1, -0.05) is 6.92 Å². The summed E-state index contributed by atoms with van der Waals surface area (Å²) in [6.45, 7) is 6.71. The van der Waals surface area contributed by atoms with Crippen LogP contribution in [0.2, 0.25) is 0 Å². The minimum Gasteiger partial charge on any atom is -0.381 e. The third-order valence-electron chi connectivity index (χ3n) is 3.43. The van der Waals surface area contributed by atoms with Crippen LogP contribution in [0.1, 0.15) is 19.8 Å². The van der Waals surface area contributed by atoms with E-state index in [1.165, 1.54) is 25.9 Å². The van der Waals surface area contributed by atoms with Gasteiger partial charge in [0.05, 0.1) is 0 Å². The van der Waals surface area contributed by atoms with E-state index < -0.39 is 0 Å². The molecule has 0 radical (unpaired) electrons. The lowest BCUT2D eigenvalue weighted by Crippen LogP contribution is -2.39. The second-order valence-electron chi connectivity index (χ2n) is 4.02. The highest BCUT2D eigenvalue weighted by molar-refractivity contribution is 4.93. The monoisotopic (exact) mass is 155 g/mol. The minimum absolute atomic E-state index is 0.595. The Hall–Kier alpha value is -0.0800. The minimum atomic E-state index is 0.595. The van der Waals surface area contributed by atoms with E-state index in [9.17, 15) is 0 Å². The highest BCUT2D eigenvalue weighted by Gasteiger charge is 2.40. The van der Waals surface area contributed by atoms with Gasteiger partial charge in [0.15, 0.2) is 0 Å². The molecule has 2 heteroatoms. The van der Waals surface area contributed by atoms with Crippen molar-refractivity contribution in [1.29, 1.82) is 0 Å². The highest BCUT2D eigenvalue weighted by Crippen LogP contribution is 2.40. The predicted octanol–water partition coefficient (Wildman–Crippen LogP) is 1.02. The molecular formula is C9H17NO. The number of hydrogen-bond acceptors (Lipinski definition) is 2. The first-order valence-corrected chi connectivity index (χ1v) is 4.62. The third kappa shape index (κ3) is 1.18. The van der Waals surface area contributed by atoms with Gasteiger partial charge < -0.3 is 10.1 Å². The van der Waals surface area contributed by atoms with Gasteiger partial charge in [-0.25, -0.2) is 0 Å². The molecule has 0 aromatic rings. The lowest BCUT2D eigenvalue weighted by atomic mass is 9.72. The Morgan fingerprint density at radius 2 is 2.36 bits per heavy atom. The largest absolute Gasteiger partial charge is 0.381 e. The van der Waals surface area contributed by atoms with Crippen LogP contribution in [0.15, 0.2) is 0 Å². The molecule has 11 heavy (non-hydrogen) atoms. The lowest BCUT2D eigenvalue weighted by molar-refractivity contribution is -0.0237. The average molecular weight is 155 g/mol. The summed E-state index contributed by atoms with van der Waals surface area (Å²) in [5, 5.41) is 3.46. The molecule has 1 N–H and O–H groups in total. The summed E-state index contributed by atoms with van der Waals surface area (Å²) in [7, 11) is 0. The summed E-state index contributed by atoms with van der Waals surface area (Å²) < 4.78 is 5.44. The standard InChI is InChI=1S/C9H17NO/c1-8-6-11-5-3-9(8)2-4-10-7-9/h8,10H,2-7H2,1H3. The molecule has 0 aromatic carbocycles. The lowest BCUT2D eigenvalue weighted by Gasteiger charge is -2.38. The number of nitrogens with one attached hydrogen (secondary N) is 1. The molecule has 0 saturated carbocycles. The van der Waals surface area contributed by atoms with Gasteiger partial charge >= 0.3 is 0 Å². The van der Waals surface area contributed by atoms with Crippen LogP contribution in [0.5, 0.6) is 0 Å². The normalized spacial score (nSPS) is 45.0. The first kappa shape index (κ1) is 7.56. The molecule has 1 spiro atoms. The van der Waals surface area contributed by atoms with Gasteiger partial charge in [-0.3, -0.25) is 0 Å². The number of rotatable bonds is 0. The second-order valence-corrected chi connectivity index (χ2v) is 4.02. The fourth-order valence-electron chi connectivity index (χ4n) is 2.36. The van der Waals surface area contributed by atoms with Gasteiger partial charge in [0.25, 0.3) is 0 Å². The van der Waals surface area contributed by atoms with E-state index in [1.54, 1.807) is 0 Å². The van der Waals surface area contributed by atoms with E-state index in [-0.39, 0.29) is 0 Å². The van der Waals surface area contributed by atoms with Crippen LogP contribution in [0.3, 0.4) is 0 Å². The fourth-order valence-corrected chi connectivity index (χ4v) is 2.36. The van der Waals surface area contributed by atoms with Crippen LogP contribution in [-0.2, 0) is 4.74 Å². The zero-order valence-corrected chi connectivity index (χ0v) is 7.23. The number of hydrogen-bond donors (Lipinski definition) is 1. The zero-order valence-electron chi connectivity index (χ0n) is 7.23. The molecule has 2 saturated heterocycles. The maximum atomic E-state index is 5.44. The van der Waals surface area contributed by atoms with E-state index in [0.29, 0.717) is 5.41 Å². The summed E-state index contributed by atoms with van der Waals surface area (Å²) in [6.07, 6.45) is 2.62. The van der Waals surface area contributed by atoms with Crippen molar-refractivity contribution in [2.45, 2.75) is 19.8 Å². The first-order valence-electron chi connectivity index (χ1n) is 4.62. The molecule has 0 amide bonds. The van der Waals surface area contributed by atoms with E-state index in [4.69, 9.17) is 4.74 Å². The van der Waals surface area contributed by atoms with Crippen molar-refractivity contribution in [2.24, 2.45) is 11.3 Å². The molecular weight excluding hydrogens is 138 g/mol. The zero-order chi connectivity index (χ0) is 7.73. The van der Waals surface area contributed by atoms with Crippen molar-refractivity contribution >= 4 is 0 Å². The van der Waals surface area contributed by atoms with Gasteiger partial charge in [-0.15, -0.1) is 0 Å². The predicted molar refractivity (Wildman–Crippen MR) is 44.5 cm³/mol. The molecule has 64 valence electrons. The Balaban J connectivity index is 2.07. The van der Waals surface area contributed by atoms with Gasteiger partial charge in [0, 0.05) is 19.8 Å². The molecule has 2 aliphatic rings. The Kier molecular flexibility index (Phi) is 1.90. The maximum Gasteiger partial charge on any atom is 0.0497 e. The van der Waals surface area contributed by atoms with E-state index in [1.807, 2.05) is 0 Å². The summed E-state index contributed by atoms with van der Waals surface area (Å²) in [5.41, 5.74) is 0.595. The average Bonchev–Trinajstić information content (AvgIpc) is 2.46. The van der Waals surface area contributed by atoms with Crippen molar-refractivity contribution in [2.75, 3.05) is 26.3 Å². The van der Waals surface area contributed by atoms with Crippen LogP contribution in [-0.4, -0.2) is 26.3 Å². The molecule has 2 fully saturated rings. The van der Waals surface area contributed by atoms with Crippen molar-refractivity contribution in [3.8, 4) is 0 Å². The van der Waals surface area contributed by atoms with Crippen LogP contribution >= 0.6 is 0 Å². The second kappa shape index (κ2) is 2.76. The van der Waals surface area contributed by atoms with Gasteiger partial charge in [-0.2, -0.15) is 0 Å². The van der Waals surface area contributed by atoms with Crippen LogP contribution in [0.25, 0.3) is 0 Å². The van der Waals surface area contributed by atoms with Crippen molar-refractivity contribution in [3.05, 3.63) is 0 Å². The summed E-state index contributed by atoms with van der Waals surface area (Å²) in [4.78, 5) is 0. The molecule has 0 aromatic heterocycles. The molecule has 0 bridgehead atoms. The van der Waals surface area contributed by atoms with E-state index in [0.717, 1.165) is 19.1 Å². The van der Waals surface area contributed by atoms with E-state index >= 15 is 0 Å². The van der Waals surface area contributed by atoms with Crippen LogP contribution in [0, 0.1) is 11.3 Å². The molecule has 0 aliphatic carbocycles. The van der Waals surface area contributed by atoms with E-state index in [2.05, 4.69) is 12.2 Å². The summed E-state index contributed by atoms with van der Waals surface area (Å²) in [6, 6.07) is 0. The molecule has 2 nitrogen and oxygen atoms in total. The molecule has 2 aliphatic heterocycles. The Morgan fingerprint density at radius 1 is 1.45 bits per heavy atom. The summed E-state index contributed by atoms with van der Waals surface area (Å²) in [5.74, 6) is 0.756. The number of ether oxygens (including phenoxy) is 1. The Morgan fingerprint density at radius 3 is 3.00 bits per heavy atom. The van der Waals surface area contributed by atoms with Crippen molar-refractivity contribution < 1.29 is 4.74 Å². The maximum absolute atomic E-state index is 5.44. The van der Waals surface area contributed by atoms with Crippen LogP contribution in [0.4, 0.5) is 0 Å². The Bertz CT molecular complexity index is 140. The third-order valence-corrected chi connectivity index (χ3v) is 3.43. The molecule has 2 atom stereocenters. The highest BCUT2D eigenvalue weighted by atomic mass is 16.5.